The van der Waals surface area contributed by atoms with E-state index in [0.717, 1.165) is 6.42 Å². The summed E-state index contributed by atoms with van der Waals surface area (Å²) in [5.41, 5.74) is 1.93. The lowest BCUT2D eigenvalue weighted by Crippen LogP contribution is -2.45. The molecule has 6 nitrogen and oxygen atoms in total. The summed E-state index contributed by atoms with van der Waals surface area (Å²) < 4.78 is 38.7. The van der Waals surface area contributed by atoms with Gasteiger partial charge >= 0.3 is 5.97 Å². The molecule has 0 aliphatic carbocycles. The van der Waals surface area contributed by atoms with E-state index < -0.39 is 16.0 Å². The van der Waals surface area contributed by atoms with Gasteiger partial charge in [0, 0.05) is 25.2 Å². The third kappa shape index (κ3) is 5.17. The summed E-state index contributed by atoms with van der Waals surface area (Å²) in [6, 6.07) is 12.4. The van der Waals surface area contributed by atoms with E-state index in [0.29, 0.717) is 36.5 Å². The maximum absolute atomic E-state index is 13.5. The molecule has 32 heavy (non-hydrogen) atoms. The SMILES string of the molecule is CCOC(=O)c1cc(COC)cc(S(=O)(=O)N2CCC(CC)(c3ccc(Cl)cc3)CC2)c1. The number of esters is 1. The smallest absolute Gasteiger partial charge is 0.338 e. The summed E-state index contributed by atoms with van der Waals surface area (Å²) in [6.45, 7) is 5.07. The Balaban J connectivity index is 1.87. The fraction of sp³-hybridized carbons (Fsp3) is 0.458. The zero-order chi connectivity index (χ0) is 23.4. The van der Waals surface area contributed by atoms with Crippen molar-refractivity contribution in [1.29, 1.82) is 0 Å². The third-order valence-electron chi connectivity index (χ3n) is 6.24. The predicted molar refractivity (Wildman–Crippen MR) is 125 cm³/mol. The Labute approximate surface area is 195 Å². The molecule has 2 aromatic carbocycles. The van der Waals surface area contributed by atoms with Gasteiger partial charge < -0.3 is 9.47 Å². The standard InChI is InChI=1S/C24H30ClNO5S/c1-4-24(20-6-8-21(25)9-7-20)10-12-26(13-11-24)32(28,29)22-15-18(17-30-3)14-19(16-22)23(27)31-5-2/h6-9,14-16H,4-5,10-13,17H2,1-3H3. The van der Waals surface area contributed by atoms with Gasteiger partial charge in [-0.15, -0.1) is 0 Å². The van der Waals surface area contributed by atoms with E-state index in [1.165, 1.54) is 23.0 Å². The summed E-state index contributed by atoms with van der Waals surface area (Å²) in [5.74, 6) is -0.548. The van der Waals surface area contributed by atoms with Crippen molar-refractivity contribution in [2.45, 2.75) is 50.0 Å². The molecular weight excluding hydrogens is 450 g/mol. The predicted octanol–water partition coefficient (Wildman–Crippen LogP) is 4.80. The number of piperidine rings is 1. The first-order valence-corrected chi connectivity index (χ1v) is 12.6. The molecule has 8 heteroatoms. The summed E-state index contributed by atoms with van der Waals surface area (Å²) in [6.07, 6.45) is 2.35. The van der Waals surface area contributed by atoms with Crippen LogP contribution in [0.3, 0.4) is 0 Å². The first-order valence-electron chi connectivity index (χ1n) is 10.8. The number of halogens is 1. The highest BCUT2D eigenvalue weighted by Crippen LogP contribution is 2.40. The van der Waals surface area contributed by atoms with Crippen molar-refractivity contribution in [3.8, 4) is 0 Å². The van der Waals surface area contributed by atoms with Gasteiger partial charge in [0.05, 0.1) is 23.7 Å². The number of hydrogen-bond acceptors (Lipinski definition) is 5. The number of rotatable bonds is 8. The van der Waals surface area contributed by atoms with Gasteiger partial charge in [-0.3, -0.25) is 0 Å². The Kier molecular flexibility index (Phi) is 7.98. The fourth-order valence-electron chi connectivity index (χ4n) is 4.35. The number of nitrogens with zero attached hydrogens (tertiary/aromatic N) is 1. The number of carbonyl (C=O) groups excluding carboxylic acids is 1. The molecule has 1 aliphatic heterocycles. The van der Waals surface area contributed by atoms with Crippen LogP contribution < -0.4 is 0 Å². The van der Waals surface area contributed by atoms with E-state index in [2.05, 4.69) is 6.92 Å². The molecule has 1 heterocycles. The second-order valence-electron chi connectivity index (χ2n) is 8.06. The number of methoxy groups -OCH3 is 1. The molecule has 0 N–H and O–H groups in total. The molecule has 1 fully saturated rings. The lowest BCUT2D eigenvalue weighted by molar-refractivity contribution is 0.0525. The van der Waals surface area contributed by atoms with Gasteiger partial charge in [-0.2, -0.15) is 4.31 Å². The van der Waals surface area contributed by atoms with E-state index in [1.54, 1.807) is 19.1 Å². The van der Waals surface area contributed by atoms with Gasteiger partial charge in [-0.05, 0) is 73.1 Å². The van der Waals surface area contributed by atoms with Crippen molar-refractivity contribution in [3.05, 3.63) is 64.2 Å². The molecule has 1 aliphatic rings. The van der Waals surface area contributed by atoms with E-state index in [9.17, 15) is 13.2 Å². The Morgan fingerprint density at radius 1 is 1.09 bits per heavy atom. The van der Waals surface area contributed by atoms with Gasteiger partial charge in [0.1, 0.15) is 0 Å². The maximum Gasteiger partial charge on any atom is 0.338 e. The van der Waals surface area contributed by atoms with Crippen molar-refractivity contribution in [2.75, 3.05) is 26.8 Å². The van der Waals surface area contributed by atoms with Gasteiger partial charge in [0.15, 0.2) is 0 Å². The van der Waals surface area contributed by atoms with Crippen LogP contribution in [-0.2, 0) is 31.5 Å². The summed E-state index contributed by atoms with van der Waals surface area (Å²) in [7, 11) is -2.25. The quantitative estimate of drug-likeness (QED) is 0.509. The Morgan fingerprint density at radius 3 is 2.31 bits per heavy atom. The van der Waals surface area contributed by atoms with E-state index >= 15 is 0 Å². The van der Waals surface area contributed by atoms with E-state index in [1.807, 2.05) is 24.3 Å². The molecule has 0 bridgehead atoms. The van der Waals surface area contributed by atoms with Gasteiger partial charge in [0.25, 0.3) is 0 Å². The maximum atomic E-state index is 13.5. The van der Waals surface area contributed by atoms with Crippen molar-refractivity contribution < 1.29 is 22.7 Å². The molecule has 0 unspecified atom stereocenters. The summed E-state index contributed by atoms with van der Waals surface area (Å²) >= 11 is 6.05. The minimum absolute atomic E-state index is 0.0788. The molecule has 3 rings (SSSR count). The van der Waals surface area contributed by atoms with Crippen molar-refractivity contribution in [2.24, 2.45) is 0 Å². The highest BCUT2D eigenvalue weighted by molar-refractivity contribution is 7.89. The average molecular weight is 480 g/mol. The molecule has 0 atom stereocenters. The number of ether oxygens (including phenoxy) is 2. The second-order valence-corrected chi connectivity index (χ2v) is 10.4. The van der Waals surface area contributed by atoms with Crippen molar-refractivity contribution in [3.63, 3.8) is 0 Å². The second kappa shape index (κ2) is 10.3. The van der Waals surface area contributed by atoms with Gasteiger partial charge in [-0.25, -0.2) is 13.2 Å². The van der Waals surface area contributed by atoms with E-state index in [-0.39, 0.29) is 29.1 Å². The molecule has 2 aromatic rings. The van der Waals surface area contributed by atoms with Crippen LogP contribution in [-0.4, -0.2) is 45.5 Å². The Hall–Kier alpha value is -1.93. The third-order valence-corrected chi connectivity index (χ3v) is 8.37. The minimum atomic E-state index is -3.77. The molecule has 174 valence electrons. The lowest BCUT2D eigenvalue weighted by atomic mass is 9.71. The number of benzene rings is 2. The van der Waals surface area contributed by atoms with Crippen molar-refractivity contribution >= 4 is 27.6 Å². The Bertz CT molecular complexity index is 1040. The average Bonchev–Trinajstić information content (AvgIpc) is 2.79. The monoisotopic (exact) mass is 479 g/mol. The molecule has 0 aromatic heterocycles. The van der Waals surface area contributed by atoms with E-state index in [4.69, 9.17) is 21.1 Å². The first kappa shape index (κ1) is 24.7. The molecule has 0 spiro atoms. The fourth-order valence-corrected chi connectivity index (χ4v) is 6.01. The van der Waals surface area contributed by atoms with Crippen LogP contribution in [0.15, 0.2) is 47.4 Å². The van der Waals surface area contributed by atoms with Gasteiger partial charge in [-0.1, -0.05) is 30.7 Å². The van der Waals surface area contributed by atoms with Crippen LogP contribution in [0.5, 0.6) is 0 Å². The largest absolute Gasteiger partial charge is 0.462 e. The number of hydrogen-bond donors (Lipinski definition) is 0. The van der Waals surface area contributed by atoms with Gasteiger partial charge in [0.2, 0.25) is 10.0 Å². The van der Waals surface area contributed by atoms with Crippen LogP contribution >= 0.6 is 11.6 Å². The molecule has 0 radical (unpaired) electrons. The zero-order valence-electron chi connectivity index (χ0n) is 18.8. The highest BCUT2D eigenvalue weighted by atomic mass is 35.5. The van der Waals surface area contributed by atoms with Crippen LogP contribution in [0.4, 0.5) is 0 Å². The zero-order valence-corrected chi connectivity index (χ0v) is 20.3. The normalized spacial score (nSPS) is 16.6. The van der Waals surface area contributed by atoms with Crippen molar-refractivity contribution in [1.82, 2.24) is 4.31 Å². The number of sulfonamides is 1. The highest BCUT2D eigenvalue weighted by Gasteiger charge is 2.38. The molecule has 0 amide bonds. The van der Waals surface area contributed by atoms with Crippen LogP contribution in [0.2, 0.25) is 5.02 Å². The van der Waals surface area contributed by atoms with Crippen LogP contribution in [0.25, 0.3) is 0 Å². The molecule has 0 saturated carbocycles. The summed E-state index contributed by atoms with van der Waals surface area (Å²) in [5, 5.41) is 0.688. The Morgan fingerprint density at radius 2 is 1.75 bits per heavy atom. The molecule has 1 saturated heterocycles. The van der Waals surface area contributed by atoms with Crippen LogP contribution in [0, 0.1) is 0 Å². The van der Waals surface area contributed by atoms with Crippen LogP contribution in [0.1, 0.15) is 54.6 Å². The molecular formula is C24H30ClNO5S. The number of carbonyl (C=O) groups is 1. The topological polar surface area (TPSA) is 72.9 Å². The summed E-state index contributed by atoms with van der Waals surface area (Å²) in [4.78, 5) is 12.4. The lowest BCUT2D eigenvalue weighted by Gasteiger charge is -2.41. The minimum Gasteiger partial charge on any atom is -0.462 e. The first-order chi connectivity index (χ1) is 15.3.